The van der Waals surface area contributed by atoms with Crippen LogP contribution < -0.4 is 5.32 Å². The molecule has 2 aromatic rings. The van der Waals surface area contributed by atoms with E-state index in [1.54, 1.807) is 24.1 Å². The second-order valence-electron chi connectivity index (χ2n) is 5.71. The molecule has 1 fully saturated rings. The van der Waals surface area contributed by atoms with Crippen molar-refractivity contribution in [2.75, 3.05) is 18.9 Å². The number of hydrogen-bond acceptors (Lipinski definition) is 3. The summed E-state index contributed by atoms with van der Waals surface area (Å²) in [6.45, 7) is 3.18. The van der Waals surface area contributed by atoms with Crippen LogP contribution in [0, 0.1) is 12.7 Å². The molecule has 22 heavy (non-hydrogen) atoms. The highest BCUT2D eigenvalue weighted by atomic mass is 32.2. The van der Waals surface area contributed by atoms with E-state index >= 15 is 0 Å². The lowest BCUT2D eigenvalue weighted by Crippen LogP contribution is -2.02. The zero-order chi connectivity index (χ0) is 15.5. The van der Waals surface area contributed by atoms with Crippen molar-refractivity contribution in [3.8, 4) is 0 Å². The summed E-state index contributed by atoms with van der Waals surface area (Å²) in [7, 11) is 1.84. The zero-order valence-electron chi connectivity index (χ0n) is 13.0. The molecular weight excluding hydrogens is 295 g/mol. The van der Waals surface area contributed by atoms with E-state index in [0.717, 1.165) is 30.6 Å². The first-order valence-electron chi connectivity index (χ1n) is 7.64. The Kier molecular flexibility index (Phi) is 4.69. The first kappa shape index (κ1) is 15.4. The fraction of sp³-hybridized carbons (Fsp3) is 0.333. The molecule has 2 nitrogen and oxygen atoms in total. The van der Waals surface area contributed by atoms with Gasteiger partial charge in [-0.1, -0.05) is 23.8 Å². The van der Waals surface area contributed by atoms with Crippen LogP contribution in [0.5, 0.6) is 0 Å². The van der Waals surface area contributed by atoms with Crippen LogP contribution in [0.2, 0.25) is 0 Å². The number of anilines is 1. The molecule has 1 unspecified atom stereocenters. The highest BCUT2D eigenvalue weighted by Crippen LogP contribution is 2.36. The summed E-state index contributed by atoms with van der Waals surface area (Å²) in [5.41, 5.74) is 2.99. The molecule has 0 aliphatic carbocycles. The Labute approximate surface area is 135 Å². The van der Waals surface area contributed by atoms with Crippen molar-refractivity contribution in [1.82, 2.24) is 4.31 Å². The monoisotopic (exact) mass is 316 g/mol. The van der Waals surface area contributed by atoms with Crippen LogP contribution in [0.25, 0.3) is 0 Å². The Bertz CT molecular complexity index is 642. The second-order valence-corrected chi connectivity index (χ2v) is 6.84. The predicted octanol–water partition coefficient (Wildman–Crippen LogP) is 4.50. The lowest BCUT2D eigenvalue weighted by atomic mass is 10.1. The molecule has 2 atom stereocenters. The Morgan fingerprint density at radius 1 is 1.23 bits per heavy atom. The Morgan fingerprint density at radius 2 is 2.00 bits per heavy atom. The van der Waals surface area contributed by atoms with E-state index in [0.29, 0.717) is 6.04 Å². The predicted molar refractivity (Wildman–Crippen MR) is 91.8 cm³/mol. The minimum atomic E-state index is -0.106. The van der Waals surface area contributed by atoms with Gasteiger partial charge in [0, 0.05) is 35.8 Å². The summed E-state index contributed by atoms with van der Waals surface area (Å²) < 4.78 is 16.3. The number of benzene rings is 2. The van der Waals surface area contributed by atoms with Gasteiger partial charge in [-0.25, -0.2) is 8.70 Å². The average molecular weight is 316 g/mol. The maximum Gasteiger partial charge on any atom is 0.128 e. The Hall–Kier alpha value is -1.52. The largest absolute Gasteiger partial charge is 0.388 e. The number of halogens is 1. The van der Waals surface area contributed by atoms with Crippen molar-refractivity contribution in [3.05, 3.63) is 59.4 Å². The molecule has 0 bridgehead atoms. The molecule has 0 spiro atoms. The molecule has 0 amide bonds. The maximum absolute atomic E-state index is 13.9. The van der Waals surface area contributed by atoms with Crippen LogP contribution in [0.15, 0.2) is 47.4 Å². The van der Waals surface area contributed by atoms with Gasteiger partial charge >= 0.3 is 0 Å². The zero-order valence-corrected chi connectivity index (χ0v) is 13.8. The molecule has 2 aromatic carbocycles. The number of nitrogens with zero attached hydrogens (tertiary/aromatic N) is 1. The van der Waals surface area contributed by atoms with Crippen LogP contribution in [0.3, 0.4) is 0 Å². The average Bonchev–Trinajstić information content (AvgIpc) is 3.26. The number of aryl methyl sites for hydroxylation is 1. The van der Waals surface area contributed by atoms with Crippen molar-refractivity contribution in [3.63, 3.8) is 0 Å². The number of rotatable bonds is 6. The van der Waals surface area contributed by atoms with Crippen LogP contribution in [0.4, 0.5) is 10.1 Å². The van der Waals surface area contributed by atoms with E-state index in [9.17, 15) is 4.39 Å². The van der Waals surface area contributed by atoms with Gasteiger partial charge in [0.05, 0.1) is 0 Å². The minimum Gasteiger partial charge on any atom is -0.388 e. The first-order valence-corrected chi connectivity index (χ1v) is 8.41. The van der Waals surface area contributed by atoms with Crippen molar-refractivity contribution in [1.29, 1.82) is 0 Å². The smallest absolute Gasteiger partial charge is 0.128 e. The fourth-order valence-electron chi connectivity index (χ4n) is 2.60. The summed E-state index contributed by atoms with van der Waals surface area (Å²) in [5, 5.41) is 3.08. The molecule has 116 valence electrons. The van der Waals surface area contributed by atoms with Gasteiger partial charge in [0.25, 0.3) is 0 Å². The summed E-state index contributed by atoms with van der Waals surface area (Å²) >= 11 is 1.80. The normalized spacial score (nSPS) is 20.0. The van der Waals surface area contributed by atoms with Gasteiger partial charge < -0.3 is 5.32 Å². The summed E-state index contributed by atoms with van der Waals surface area (Å²) in [5.74, 6) is -0.106. The van der Waals surface area contributed by atoms with Crippen molar-refractivity contribution in [2.45, 2.75) is 30.7 Å². The van der Waals surface area contributed by atoms with E-state index in [-0.39, 0.29) is 5.82 Å². The molecule has 3 rings (SSSR count). The third kappa shape index (κ3) is 3.62. The Balaban J connectivity index is 1.53. The quantitative estimate of drug-likeness (QED) is 0.624. The van der Waals surface area contributed by atoms with E-state index in [1.165, 1.54) is 10.5 Å². The maximum atomic E-state index is 13.9. The fourth-order valence-corrected chi connectivity index (χ4v) is 3.63. The lowest BCUT2D eigenvalue weighted by molar-refractivity contribution is 0.600. The number of nitrogens with one attached hydrogen (secondary N) is 1. The summed E-state index contributed by atoms with van der Waals surface area (Å²) in [6, 6.07) is 14.4. The third-order valence-electron chi connectivity index (χ3n) is 4.02. The molecule has 1 N–H and O–H groups in total. The molecule has 0 aromatic heterocycles. The van der Waals surface area contributed by atoms with Gasteiger partial charge in [-0.05, 0) is 56.0 Å². The van der Waals surface area contributed by atoms with Gasteiger partial charge in [-0.2, -0.15) is 0 Å². The summed E-state index contributed by atoms with van der Waals surface area (Å²) in [6.07, 6.45) is 1.77. The Morgan fingerprint density at radius 3 is 2.73 bits per heavy atom. The van der Waals surface area contributed by atoms with Crippen molar-refractivity contribution in [2.24, 2.45) is 0 Å². The van der Waals surface area contributed by atoms with Crippen molar-refractivity contribution < 1.29 is 4.39 Å². The number of hydrogen-bond donors (Lipinski definition) is 1. The highest BCUT2D eigenvalue weighted by molar-refractivity contribution is 7.97. The van der Waals surface area contributed by atoms with Gasteiger partial charge in [-0.15, -0.1) is 0 Å². The van der Waals surface area contributed by atoms with E-state index in [1.807, 2.05) is 13.1 Å². The van der Waals surface area contributed by atoms with Gasteiger partial charge in [0.1, 0.15) is 5.82 Å². The van der Waals surface area contributed by atoms with Crippen LogP contribution in [-0.4, -0.2) is 23.9 Å². The highest BCUT2D eigenvalue weighted by Gasteiger charge is 2.34. The second kappa shape index (κ2) is 6.71. The topological polar surface area (TPSA) is 15.0 Å². The van der Waals surface area contributed by atoms with E-state index in [2.05, 4.69) is 40.8 Å². The van der Waals surface area contributed by atoms with Gasteiger partial charge in [0.15, 0.2) is 0 Å². The van der Waals surface area contributed by atoms with Gasteiger partial charge in [-0.3, -0.25) is 0 Å². The lowest BCUT2D eigenvalue weighted by Gasteiger charge is -2.10. The molecule has 1 aliphatic rings. The molecule has 1 saturated heterocycles. The summed E-state index contributed by atoms with van der Waals surface area (Å²) in [4.78, 5) is 1.27. The van der Waals surface area contributed by atoms with Crippen LogP contribution >= 0.6 is 11.9 Å². The minimum absolute atomic E-state index is 0.106. The molecule has 0 saturated carbocycles. The van der Waals surface area contributed by atoms with Gasteiger partial charge in [0.2, 0.25) is 0 Å². The molecule has 4 heteroatoms. The molecule has 0 radical (unpaired) electrons. The molecule has 1 aliphatic heterocycles. The van der Waals surface area contributed by atoms with Crippen LogP contribution in [0.1, 0.15) is 17.5 Å². The standard InChI is InChI=1S/C18H21FN2S/c1-13-6-9-15(10-7-13)22-21-12-14(21)8-11-16-17(19)4-3-5-18(16)20-2/h3-7,9-10,14,20H,8,11-12H2,1-2H3/t14-,21?/m0/s1. The van der Waals surface area contributed by atoms with E-state index < -0.39 is 0 Å². The first-order chi connectivity index (χ1) is 10.7. The third-order valence-corrected chi connectivity index (χ3v) is 5.19. The van der Waals surface area contributed by atoms with E-state index in [4.69, 9.17) is 0 Å². The molecular formula is C18H21FN2S. The van der Waals surface area contributed by atoms with Crippen LogP contribution in [-0.2, 0) is 6.42 Å². The molecule has 1 heterocycles. The van der Waals surface area contributed by atoms with Crippen molar-refractivity contribution >= 4 is 17.6 Å². The SMILES string of the molecule is CNc1cccc(F)c1CC[C@H]1CN1Sc1ccc(C)cc1.